The molecule has 17 N–H and O–H groups in total. The van der Waals surface area contributed by atoms with E-state index in [1.54, 1.807) is 30.3 Å². The molecule has 0 saturated carbocycles. The minimum atomic E-state index is -1.33. The summed E-state index contributed by atoms with van der Waals surface area (Å²) in [5.74, 6) is -6.38. The number of imidazole rings is 1. The molecule has 5 rings (SSSR count). The van der Waals surface area contributed by atoms with Gasteiger partial charge in [-0.1, -0.05) is 44.2 Å². The molecule has 1 aromatic carbocycles. The van der Waals surface area contributed by atoms with Crippen molar-refractivity contribution >= 4 is 65.1 Å². The smallest absolute Gasteiger partial charge is 0.326 e. The quantitative estimate of drug-likeness (QED) is 0.0232. The lowest BCUT2D eigenvalue weighted by Gasteiger charge is -2.34. The molecule has 0 spiro atoms. The predicted molar refractivity (Wildman–Crippen MR) is 287 cm³/mol. The van der Waals surface area contributed by atoms with Crippen molar-refractivity contribution in [3.63, 3.8) is 0 Å². The Kier molecular flexibility index (Phi) is 23.2. The Bertz CT molecular complexity index is 2450. The third kappa shape index (κ3) is 17.9. The van der Waals surface area contributed by atoms with E-state index in [1.165, 1.54) is 34.1 Å². The number of guanidine groups is 2. The molecule has 1 aromatic heterocycles. The Hall–Kier alpha value is -7.84. The van der Waals surface area contributed by atoms with E-state index in [2.05, 4.69) is 46.5 Å². The molecule has 78 heavy (non-hydrogen) atoms. The molecular formula is C51H79N17O10. The van der Waals surface area contributed by atoms with E-state index < -0.39 is 108 Å². The summed E-state index contributed by atoms with van der Waals surface area (Å²) in [6.07, 6.45) is 6.10. The van der Waals surface area contributed by atoms with Crippen molar-refractivity contribution in [1.82, 2.24) is 51.3 Å². The number of hydrogen-bond acceptors (Lipinski definition) is 13. The number of aromatic amines is 1. The lowest BCUT2D eigenvalue weighted by Crippen LogP contribution is -2.60. The number of nitrogens with two attached hydrogens (primary N) is 5. The first kappa shape index (κ1) is 61.0. The van der Waals surface area contributed by atoms with Crippen molar-refractivity contribution in [3.05, 3.63) is 54.1 Å². The van der Waals surface area contributed by atoms with E-state index in [0.29, 0.717) is 43.4 Å². The van der Waals surface area contributed by atoms with Gasteiger partial charge in [0, 0.05) is 57.5 Å². The highest BCUT2D eigenvalue weighted by molar-refractivity contribution is 5.98. The van der Waals surface area contributed by atoms with Crippen LogP contribution in [0.4, 0.5) is 0 Å². The minimum absolute atomic E-state index is 0.0193. The number of carboxylic acid groups (broad SMARTS) is 1. The van der Waals surface area contributed by atoms with E-state index >= 15 is 0 Å². The van der Waals surface area contributed by atoms with Gasteiger partial charge in [-0.2, -0.15) is 0 Å². The van der Waals surface area contributed by atoms with E-state index in [9.17, 15) is 48.3 Å². The SMILES string of the molecule is CC(C)C[C@H](NC(=O)[C@H](C)NC(=O)[C@@H](N)CCCN=C(N)N)C(=O)N1CCC[C@H]1C(=O)N1CCC[C@H]1C(=O)N[C@@H](Cc1cnc[nH]1)C(=O)N1CCC[C@H]1C(=O)N[C@@H](CCCN=C(N)N)C(=O)N[C@@H](Cc1ccccc1)C(=O)O. The largest absolute Gasteiger partial charge is 0.480 e. The zero-order valence-corrected chi connectivity index (χ0v) is 44.7. The Balaban J connectivity index is 1.27. The number of H-pyrrole nitrogens is 1. The van der Waals surface area contributed by atoms with Gasteiger partial charge in [-0.3, -0.25) is 48.3 Å². The number of aliphatic carboxylic acids is 1. The van der Waals surface area contributed by atoms with Crippen LogP contribution in [0.2, 0.25) is 0 Å². The van der Waals surface area contributed by atoms with Gasteiger partial charge >= 0.3 is 5.97 Å². The average molecular weight is 1090 g/mol. The summed E-state index contributed by atoms with van der Waals surface area (Å²) in [6, 6.07) is -1.19. The molecule has 8 amide bonds. The molecule has 0 bridgehead atoms. The monoisotopic (exact) mass is 1090 g/mol. The second kappa shape index (κ2) is 29.6. The van der Waals surface area contributed by atoms with Gasteiger partial charge in [0.25, 0.3) is 0 Å². The Morgan fingerprint density at radius 3 is 1.77 bits per heavy atom. The number of carbonyl (C=O) groups is 9. The van der Waals surface area contributed by atoms with Crippen LogP contribution in [0.1, 0.15) is 103 Å². The fourth-order valence-electron chi connectivity index (χ4n) is 9.96. The zero-order valence-electron chi connectivity index (χ0n) is 44.7. The third-order valence-electron chi connectivity index (χ3n) is 13.9. The maximum absolute atomic E-state index is 14.7. The molecule has 27 nitrogen and oxygen atoms in total. The maximum atomic E-state index is 14.7. The highest BCUT2D eigenvalue weighted by atomic mass is 16.4. The Morgan fingerprint density at radius 1 is 0.654 bits per heavy atom. The standard InChI is InChI=1S/C51H79N17O10/c1-29(2)24-35(63-41(69)30(3)61-42(70)33(52)14-7-19-58-50(53)54)46(74)68-23-11-18-40(68)48(76)67-22-10-17-39(67)45(73)64-36(26-32-27-57-28-60-32)47(75)66-21-9-16-38(66)44(72)62-34(15-8-20-59-51(55)56)43(71)65-37(49(77)78)25-31-12-5-4-6-13-31/h4-6,12-13,27-30,33-40H,7-11,14-26,52H2,1-3H3,(H,57,60)(H,61,70)(H,62,72)(H,63,69)(H,64,73)(H,65,71)(H,77,78)(H4,53,54,58)(H4,55,56,59)/t30-,33-,34-,35-,36-,37-,38-,39-,40-/m0/s1. The van der Waals surface area contributed by atoms with Crippen molar-refractivity contribution in [3.8, 4) is 0 Å². The summed E-state index contributed by atoms with van der Waals surface area (Å²) < 4.78 is 0. The molecule has 9 atom stereocenters. The van der Waals surface area contributed by atoms with Gasteiger partial charge in [0.15, 0.2) is 11.9 Å². The summed E-state index contributed by atoms with van der Waals surface area (Å²) in [6.45, 7) is 6.18. The summed E-state index contributed by atoms with van der Waals surface area (Å²) in [5, 5.41) is 23.6. The second-order valence-electron chi connectivity index (χ2n) is 20.5. The summed E-state index contributed by atoms with van der Waals surface area (Å²) in [5.41, 5.74) is 28.9. The van der Waals surface area contributed by atoms with Crippen molar-refractivity contribution in [2.75, 3.05) is 32.7 Å². The second-order valence-corrected chi connectivity index (χ2v) is 20.5. The van der Waals surface area contributed by atoms with Gasteiger partial charge in [0.05, 0.1) is 12.4 Å². The van der Waals surface area contributed by atoms with E-state index in [-0.39, 0.29) is 102 Å². The highest BCUT2D eigenvalue weighted by Gasteiger charge is 2.46. The molecule has 27 heteroatoms. The number of aromatic nitrogens is 2. The lowest BCUT2D eigenvalue weighted by atomic mass is 10.0. The number of nitrogens with zero attached hydrogens (tertiary/aromatic N) is 6. The Morgan fingerprint density at radius 2 is 1.19 bits per heavy atom. The molecule has 3 aliphatic rings. The van der Waals surface area contributed by atoms with Gasteiger partial charge in [-0.15, -0.1) is 0 Å². The third-order valence-corrected chi connectivity index (χ3v) is 13.9. The van der Waals surface area contributed by atoms with Gasteiger partial charge in [0.1, 0.15) is 48.3 Å². The normalized spacial score (nSPS) is 19.3. The number of amides is 8. The van der Waals surface area contributed by atoms with Crippen LogP contribution in [0.15, 0.2) is 52.8 Å². The van der Waals surface area contributed by atoms with Crippen LogP contribution in [0, 0.1) is 5.92 Å². The predicted octanol–water partition coefficient (Wildman–Crippen LogP) is -2.82. The number of nitrogens with one attached hydrogen (secondary N) is 6. The van der Waals surface area contributed by atoms with Crippen LogP contribution in [-0.2, 0) is 56.0 Å². The van der Waals surface area contributed by atoms with Crippen LogP contribution in [0.3, 0.4) is 0 Å². The topological polar surface area (TPSA) is 427 Å². The molecule has 3 aliphatic heterocycles. The molecule has 3 fully saturated rings. The molecular weight excluding hydrogens is 1010 g/mol. The molecule has 3 saturated heterocycles. The number of hydrogen-bond donors (Lipinski definition) is 12. The van der Waals surface area contributed by atoms with Crippen LogP contribution in [-0.4, -0.2) is 182 Å². The average Bonchev–Trinajstić information content (AvgIpc) is 4.26. The maximum Gasteiger partial charge on any atom is 0.326 e. The van der Waals surface area contributed by atoms with Gasteiger partial charge in [-0.25, -0.2) is 9.78 Å². The van der Waals surface area contributed by atoms with E-state index in [0.717, 1.165) is 0 Å². The summed E-state index contributed by atoms with van der Waals surface area (Å²) in [7, 11) is 0. The molecule has 2 aromatic rings. The van der Waals surface area contributed by atoms with Crippen LogP contribution in [0.25, 0.3) is 0 Å². The number of rotatable bonds is 28. The van der Waals surface area contributed by atoms with Crippen molar-refractivity contribution in [1.29, 1.82) is 0 Å². The fourth-order valence-corrected chi connectivity index (χ4v) is 9.96. The molecule has 0 aliphatic carbocycles. The number of benzene rings is 1. The van der Waals surface area contributed by atoms with Gasteiger partial charge in [-0.05, 0) is 89.0 Å². The van der Waals surface area contributed by atoms with Crippen molar-refractivity contribution < 1.29 is 48.3 Å². The van der Waals surface area contributed by atoms with E-state index in [4.69, 9.17) is 28.7 Å². The molecule has 0 unspecified atom stereocenters. The highest BCUT2D eigenvalue weighted by Crippen LogP contribution is 2.27. The van der Waals surface area contributed by atoms with Gasteiger partial charge < -0.3 is 80.0 Å². The Labute approximate surface area is 453 Å². The molecule has 4 heterocycles. The lowest BCUT2D eigenvalue weighted by molar-refractivity contribution is -0.148. The number of carboxylic acids is 1. The molecule has 428 valence electrons. The first-order valence-corrected chi connectivity index (χ1v) is 26.7. The van der Waals surface area contributed by atoms with E-state index in [1.807, 2.05) is 13.8 Å². The van der Waals surface area contributed by atoms with Crippen LogP contribution >= 0.6 is 0 Å². The van der Waals surface area contributed by atoms with Crippen LogP contribution < -0.4 is 55.3 Å². The van der Waals surface area contributed by atoms with Crippen molar-refractivity contribution in [2.45, 2.75) is 159 Å². The first-order valence-electron chi connectivity index (χ1n) is 26.7. The summed E-state index contributed by atoms with van der Waals surface area (Å²) >= 11 is 0. The fraction of sp³-hybridized carbons (Fsp3) is 0.608. The molecule has 0 radical (unpaired) electrons. The zero-order chi connectivity index (χ0) is 57.1. The van der Waals surface area contributed by atoms with Gasteiger partial charge in [0.2, 0.25) is 47.3 Å². The number of carbonyl (C=O) groups excluding carboxylic acids is 8. The first-order chi connectivity index (χ1) is 37.1. The number of aliphatic imine (C=N–C) groups is 2. The minimum Gasteiger partial charge on any atom is -0.480 e. The summed E-state index contributed by atoms with van der Waals surface area (Å²) in [4.78, 5) is 144. The van der Waals surface area contributed by atoms with Crippen molar-refractivity contribution in [2.24, 2.45) is 44.6 Å². The van der Waals surface area contributed by atoms with Crippen LogP contribution in [0.5, 0.6) is 0 Å². The number of likely N-dealkylation sites (tertiary alicyclic amines) is 3.